The summed E-state index contributed by atoms with van der Waals surface area (Å²) in [6.45, 7) is 6.59. The average Bonchev–Trinajstić information content (AvgIpc) is 3.11. The number of amides is 1. The molecule has 0 spiro atoms. The second-order valence-electron chi connectivity index (χ2n) is 5.52. The Kier molecular flexibility index (Phi) is 4.92. The summed E-state index contributed by atoms with van der Waals surface area (Å²) < 4.78 is 10.3. The highest BCUT2D eigenvalue weighted by Crippen LogP contribution is 2.13. The highest BCUT2D eigenvalue weighted by atomic mass is 16.5. The van der Waals surface area contributed by atoms with E-state index >= 15 is 0 Å². The van der Waals surface area contributed by atoms with Gasteiger partial charge >= 0.3 is 0 Å². The third-order valence-corrected chi connectivity index (χ3v) is 3.92. The fraction of sp³-hybridized carbons (Fsp3) is 0.412. The standard InChI is InChI=1S/C17H21N3O3/c1-2-23-16-4-3-14(11-18-16)12-19-6-8-20(9-7-19)17(21)15-5-10-22-13-15/h3-5,10-11,13H,2,6-9,12H2,1H3. The Morgan fingerprint density at radius 2 is 2.09 bits per heavy atom. The van der Waals surface area contributed by atoms with Crippen LogP contribution in [0.1, 0.15) is 22.8 Å². The molecule has 23 heavy (non-hydrogen) atoms. The summed E-state index contributed by atoms with van der Waals surface area (Å²) in [6, 6.07) is 5.65. The van der Waals surface area contributed by atoms with E-state index in [-0.39, 0.29) is 5.91 Å². The number of hydrogen-bond acceptors (Lipinski definition) is 5. The zero-order chi connectivity index (χ0) is 16.1. The molecule has 1 fully saturated rings. The van der Waals surface area contributed by atoms with Crippen LogP contribution in [0.5, 0.6) is 5.88 Å². The van der Waals surface area contributed by atoms with Crippen molar-refractivity contribution >= 4 is 5.91 Å². The number of aromatic nitrogens is 1. The van der Waals surface area contributed by atoms with E-state index in [0.717, 1.165) is 38.3 Å². The fourth-order valence-electron chi connectivity index (χ4n) is 2.67. The van der Waals surface area contributed by atoms with Crippen molar-refractivity contribution in [3.8, 4) is 5.88 Å². The van der Waals surface area contributed by atoms with E-state index in [0.29, 0.717) is 18.1 Å². The van der Waals surface area contributed by atoms with Gasteiger partial charge in [-0.05, 0) is 18.6 Å². The van der Waals surface area contributed by atoms with Crippen LogP contribution in [0.4, 0.5) is 0 Å². The quantitative estimate of drug-likeness (QED) is 0.845. The van der Waals surface area contributed by atoms with Gasteiger partial charge in [-0.3, -0.25) is 9.69 Å². The van der Waals surface area contributed by atoms with Crippen molar-refractivity contribution in [2.45, 2.75) is 13.5 Å². The number of furan rings is 1. The second-order valence-corrected chi connectivity index (χ2v) is 5.52. The second kappa shape index (κ2) is 7.28. The van der Waals surface area contributed by atoms with Gasteiger partial charge in [0.15, 0.2) is 0 Å². The van der Waals surface area contributed by atoms with E-state index in [1.165, 1.54) is 12.5 Å². The van der Waals surface area contributed by atoms with Crippen LogP contribution in [0, 0.1) is 0 Å². The summed E-state index contributed by atoms with van der Waals surface area (Å²) in [4.78, 5) is 20.7. The van der Waals surface area contributed by atoms with E-state index in [9.17, 15) is 4.79 Å². The highest BCUT2D eigenvalue weighted by Gasteiger charge is 2.22. The predicted octanol–water partition coefficient (Wildman–Crippen LogP) is 2.03. The summed E-state index contributed by atoms with van der Waals surface area (Å²) >= 11 is 0. The maximum atomic E-state index is 12.2. The lowest BCUT2D eigenvalue weighted by Crippen LogP contribution is -2.48. The number of pyridine rings is 1. The van der Waals surface area contributed by atoms with Crippen LogP contribution < -0.4 is 4.74 Å². The molecule has 0 aliphatic carbocycles. The smallest absolute Gasteiger partial charge is 0.257 e. The van der Waals surface area contributed by atoms with Gasteiger partial charge in [-0.2, -0.15) is 0 Å². The molecule has 6 heteroatoms. The Bertz CT molecular complexity index is 617. The highest BCUT2D eigenvalue weighted by molar-refractivity contribution is 5.93. The van der Waals surface area contributed by atoms with Gasteiger partial charge in [0, 0.05) is 45.0 Å². The number of nitrogens with zero attached hydrogens (tertiary/aromatic N) is 3. The van der Waals surface area contributed by atoms with Crippen molar-refractivity contribution in [2.75, 3.05) is 32.8 Å². The predicted molar refractivity (Wildman–Crippen MR) is 85.3 cm³/mol. The molecule has 1 amide bonds. The molecule has 3 rings (SSSR count). The fourth-order valence-corrected chi connectivity index (χ4v) is 2.67. The summed E-state index contributed by atoms with van der Waals surface area (Å²) in [6.07, 6.45) is 4.89. The maximum Gasteiger partial charge on any atom is 0.257 e. The first-order valence-corrected chi connectivity index (χ1v) is 7.88. The number of carbonyl (C=O) groups excluding carboxylic acids is 1. The maximum absolute atomic E-state index is 12.2. The van der Waals surface area contributed by atoms with Crippen molar-refractivity contribution in [2.24, 2.45) is 0 Å². The third kappa shape index (κ3) is 3.90. The van der Waals surface area contributed by atoms with Crippen molar-refractivity contribution < 1.29 is 13.9 Å². The first-order valence-electron chi connectivity index (χ1n) is 7.88. The Hall–Kier alpha value is -2.34. The van der Waals surface area contributed by atoms with Crippen LogP contribution in [0.15, 0.2) is 41.3 Å². The van der Waals surface area contributed by atoms with E-state index in [1.54, 1.807) is 6.07 Å². The van der Waals surface area contributed by atoms with Crippen LogP contribution in [0.2, 0.25) is 0 Å². The number of piperazine rings is 1. The molecule has 0 N–H and O–H groups in total. The van der Waals surface area contributed by atoms with Gasteiger partial charge in [0.25, 0.3) is 5.91 Å². The molecule has 0 bridgehead atoms. The molecule has 0 unspecified atom stereocenters. The van der Waals surface area contributed by atoms with E-state index in [4.69, 9.17) is 9.15 Å². The first-order chi connectivity index (χ1) is 11.3. The minimum atomic E-state index is 0.0427. The van der Waals surface area contributed by atoms with Gasteiger partial charge in [0.2, 0.25) is 5.88 Å². The Labute approximate surface area is 135 Å². The molecule has 6 nitrogen and oxygen atoms in total. The van der Waals surface area contributed by atoms with Gasteiger partial charge in [-0.15, -0.1) is 0 Å². The van der Waals surface area contributed by atoms with Crippen LogP contribution in [0.3, 0.4) is 0 Å². The Morgan fingerprint density at radius 3 is 2.70 bits per heavy atom. The zero-order valence-electron chi connectivity index (χ0n) is 13.3. The molecular weight excluding hydrogens is 294 g/mol. The lowest BCUT2D eigenvalue weighted by molar-refractivity contribution is 0.0627. The minimum Gasteiger partial charge on any atom is -0.478 e. The van der Waals surface area contributed by atoms with Crippen molar-refractivity contribution in [3.05, 3.63) is 48.0 Å². The summed E-state index contributed by atoms with van der Waals surface area (Å²) in [7, 11) is 0. The molecular formula is C17H21N3O3. The SMILES string of the molecule is CCOc1ccc(CN2CCN(C(=O)c3ccoc3)CC2)cn1. The van der Waals surface area contributed by atoms with Gasteiger partial charge < -0.3 is 14.1 Å². The van der Waals surface area contributed by atoms with Gasteiger partial charge in [-0.1, -0.05) is 6.07 Å². The molecule has 0 saturated carbocycles. The van der Waals surface area contributed by atoms with Crippen molar-refractivity contribution in [1.82, 2.24) is 14.8 Å². The molecule has 0 radical (unpaired) electrons. The largest absolute Gasteiger partial charge is 0.478 e. The van der Waals surface area contributed by atoms with Gasteiger partial charge in [0.1, 0.15) is 6.26 Å². The average molecular weight is 315 g/mol. The molecule has 1 aliphatic heterocycles. The molecule has 0 aromatic carbocycles. The number of rotatable bonds is 5. The van der Waals surface area contributed by atoms with E-state index < -0.39 is 0 Å². The molecule has 0 atom stereocenters. The lowest BCUT2D eigenvalue weighted by atomic mass is 10.2. The van der Waals surface area contributed by atoms with E-state index in [1.807, 2.05) is 30.2 Å². The lowest BCUT2D eigenvalue weighted by Gasteiger charge is -2.34. The Balaban J connectivity index is 1.50. The molecule has 122 valence electrons. The number of ether oxygens (including phenoxy) is 1. The van der Waals surface area contributed by atoms with Crippen molar-refractivity contribution in [3.63, 3.8) is 0 Å². The normalized spacial score (nSPS) is 15.6. The number of hydrogen-bond donors (Lipinski definition) is 0. The molecule has 1 saturated heterocycles. The molecule has 2 aromatic heterocycles. The van der Waals surface area contributed by atoms with Crippen LogP contribution >= 0.6 is 0 Å². The Morgan fingerprint density at radius 1 is 1.26 bits per heavy atom. The minimum absolute atomic E-state index is 0.0427. The summed E-state index contributed by atoms with van der Waals surface area (Å²) in [5, 5.41) is 0. The molecule has 1 aliphatic rings. The summed E-state index contributed by atoms with van der Waals surface area (Å²) in [5.41, 5.74) is 1.78. The number of carbonyl (C=O) groups is 1. The van der Waals surface area contributed by atoms with Crippen LogP contribution in [-0.2, 0) is 6.54 Å². The van der Waals surface area contributed by atoms with Crippen LogP contribution in [0.25, 0.3) is 0 Å². The zero-order valence-corrected chi connectivity index (χ0v) is 13.3. The summed E-state index contributed by atoms with van der Waals surface area (Å²) in [5.74, 6) is 0.702. The van der Waals surface area contributed by atoms with Gasteiger partial charge in [-0.25, -0.2) is 4.98 Å². The van der Waals surface area contributed by atoms with E-state index in [2.05, 4.69) is 9.88 Å². The molecule has 2 aromatic rings. The molecule has 3 heterocycles. The monoisotopic (exact) mass is 315 g/mol. The van der Waals surface area contributed by atoms with Crippen molar-refractivity contribution in [1.29, 1.82) is 0 Å². The third-order valence-electron chi connectivity index (χ3n) is 3.92. The van der Waals surface area contributed by atoms with Crippen LogP contribution in [-0.4, -0.2) is 53.5 Å². The van der Waals surface area contributed by atoms with Gasteiger partial charge in [0.05, 0.1) is 18.4 Å². The topological polar surface area (TPSA) is 58.8 Å². The first kappa shape index (κ1) is 15.6.